The molecule has 0 aromatic heterocycles. The van der Waals surface area contributed by atoms with Crippen LogP contribution in [0.15, 0.2) is 18.2 Å². The molecule has 1 aliphatic rings. The van der Waals surface area contributed by atoms with E-state index in [2.05, 4.69) is 25.1 Å². The highest BCUT2D eigenvalue weighted by atomic mass is 35.5. The number of halogens is 1. The van der Waals surface area contributed by atoms with E-state index in [1.165, 1.54) is 11.1 Å². The Morgan fingerprint density at radius 1 is 1.50 bits per heavy atom. The van der Waals surface area contributed by atoms with E-state index in [0.717, 1.165) is 25.2 Å². The number of rotatable bonds is 1. The van der Waals surface area contributed by atoms with Gasteiger partial charge in [-0.2, -0.15) is 0 Å². The van der Waals surface area contributed by atoms with Gasteiger partial charge in [0.05, 0.1) is 6.61 Å². The molecule has 2 nitrogen and oxygen atoms in total. The second-order valence-corrected chi connectivity index (χ2v) is 3.43. The van der Waals surface area contributed by atoms with Crippen molar-refractivity contribution in [1.29, 1.82) is 0 Å². The maximum atomic E-state index is 5.99. The Labute approximate surface area is 90.9 Å². The Balaban J connectivity index is 0.000000980. The number of aryl methyl sites for hydroxylation is 1. The molecular weight excluding hydrogens is 198 g/mol. The van der Waals surface area contributed by atoms with Gasteiger partial charge in [0.1, 0.15) is 5.75 Å². The van der Waals surface area contributed by atoms with Crippen LogP contribution in [-0.2, 0) is 6.42 Å². The summed E-state index contributed by atoms with van der Waals surface area (Å²) >= 11 is 0. The quantitative estimate of drug-likeness (QED) is 0.778. The Kier molecular flexibility index (Phi) is 3.78. The van der Waals surface area contributed by atoms with Gasteiger partial charge >= 0.3 is 0 Å². The summed E-state index contributed by atoms with van der Waals surface area (Å²) in [5.41, 5.74) is 8.43. The van der Waals surface area contributed by atoms with E-state index in [0.29, 0.717) is 0 Å². The largest absolute Gasteiger partial charge is 0.493 e. The third-order valence-electron chi connectivity index (χ3n) is 2.58. The lowest BCUT2D eigenvalue weighted by Gasteiger charge is -2.24. The molecule has 1 aromatic carbocycles. The number of para-hydroxylation sites is 1. The van der Waals surface area contributed by atoms with Crippen LogP contribution >= 0.6 is 12.4 Å². The molecular formula is C11H16ClNO. The first-order valence-electron chi connectivity index (χ1n) is 4.83. The van der Waals surface area contributed by atoms with Crippen molar-refractivity contribution >= 4 is 12.4 Å². The van der Waals surface area contributed by atoms with Gasteiger partial charge in [0.15, 0.2) is 0 Å². The van der Waals surface area contributed by atoms with E-state index < -0.39 is 0 Å². The predicted octanol–water partition coefficient (Wildman–Crippen LogP) is 2.45. The van der Waals surface area contributed by atoms with E-state index in [4.69, 9.17) is 10.5 Å². The first kappa shape index (κ1) is 11.3. The van der Waals surface area contributed by atoms with Crippen LogP contribution in [0.2, 0.25) is 0 Å². The van der Waals surface area contributed by atoms with Crippen molar-refractivity contribution in [3.05, 3.63) is 29.3 Å². The monoisotopic (exact) mass is 213 g/mol. The lowest BCUT2D eigenvalue weighted by molar-refractivity contribution is 0.266. The minimum atomic E-state index is 0. The second-order valence-electron chi connectivity index (χ2n) is 3.43. The number of ether oxygens (including phenoxy) is 1. The number of fused-ring (bicyclic) bond motifs is 1. The van der Waals surface area contributed by atoms with Crippen LogP contribution in [0.1, 0.15) is 30.5 Å². The number of nitrogens with two attached hydrogens (primary N) is 1. The van der Waals surface area contributed by atoms with Crippen molar-refractivity contribution in [3.8, 4) is 5.75 Å². The van der Waals surface area contributed by atoms with Crippen LogP contribution in [0.4, 0.5) is 0 Å². The number of hydrogen-bond acceptors (Lipinski definition) is 2. The maximum Gasteiger partial charge on any atom is 0.127 e. The molecule has 1 aromatic rings. The van der Waals surface area contributed by atoms with E-state index in [-0.39, 0.29) is 18.4 Å². The Hall–Kier alpha value is -0.730. The minimum absolute atomic E-state index is 0. The summed E-state index contributed by atoms with van der Waals surface area (Å²) in [4.78, 5) is 0. The highest BCUT2D eigenvalue weighted by Gasteiger charge is 2.19. The highest BCUT2D eigenvalue weighted by molar-refractivity contribution is 5.85. The molecule has 0 saturated carbocycles. The summed E-state index contributed by atoms with van der Waals surface area (Å²) in [5.74, 6) is 1.03. The summed E-state index contributed by atoms with van der Waals surface area (Å²) in [6.07, 6.45) is 1.94. The first-order valence-corrected chi connectivity index (χ1v) is 4.83. The molecule has 1 atom stereocenters. The molecule has 0 bridgehead atoms. The van der Waals surface area contributed by atoms with Crippen LogP contribution in [0.3, 0.4) is 0 Å². The molecule has 3 heteroatoms. The van der Waals surface area contributed by atoms with Crippen molar-refractivity contribution in [1.82, 2.24) is 0 Å². The summed E-state index contributed by atoms with van der Waals surface area (Å²) in [5, 5.41) is 0. The molecule has 0 radical (unpaired) electrons. The molecule has 0 aliphatic carbocycles. The van der Waals surface area contributed by atoms with Crippen LogP contribution in [-0.4, -0.2) is 6.61 Å². The van der Waals surface area contributed by atoms with Gasteiger partial charge in [-0.3, -0.25) is 0 Å². The van der Waals surface area contributed by atoms with E-state index >= 15 is 0 Å². The molecule has 0 saturated heterocycles. The standard InChI is InChI=1S/C11H15NO.ClH/c1-2-8-4-3-5-9-10(12)6-7-13-11(8)9;/h3-5,10H,2,6-7,12H2,1H3;1H/t10-;/m0./s1. The molecule has 0 amide bonds. The van der Waals surface area contributed by atoms with E-state index in [1.807, 2.05) is 0 Å². The average molecular weight is 214 g/mol. The Morgan fingerprint density at radius 2 is 2.29 bits per heavy atom. The van der Waals surface area contributed by atoms with Crippen molar-refractivity contribution < 1.29 is 4.74 Å². The van der Waals surface area contributed by atoms with E-state index in [1.54, 1.807) is 0 Å². The zero-order valence-corrected chi connectivity index (χ0v) is 9.14. The molecule has 78 valence electrons. The fourth-order valence-electron chi connectivity index (χ4n) is 1.79. The third-order valence-corrected chi connectivity index (χ3v) is 2.58. The first-order chi connectivity index (χ1) is 6.33. The van der Waals surface area contributed by atoms with Gasteiger partial charge in [0.25, 0.3) is 0 Å². The number of benzene rings is 1. The molecule has 0 unspecified atom stereocenters. The summed E-state index contributed by atoms with van der Waals surface area (Å²) in [7, 11) is 0. The van der Waals surface area contributed by atoms with Gasteiger partial charge in [-0.1, -0.05) is 25.1 Å². The van der Waals surface area contributed by atoms with E-state index in [9.17, 15) is 0 Å². The SMILES string of the molecule is CCc1cccc2c1OCC[C@@H]2N.Cl. The third kappa shape index (κ3) is 1.86. The minimum Gasteiger partial charge on any atom is -0.493 e. The Morgan fingerprint density at radius 3 is 3.00 bits per heavy atom. The summed E-state index contributed by atoms with van der Waals surface area (Å²) in [6.45, 7) is 2.89. The molecule has 0 spiro atoms. The van der Waals surface area contributed by atoms with Crippen LogP contribution in [0, 0.1) is 0 Å². The predicted molar refractivity (Wildman–Crippen MR) is 60.1 cm³/mol. The summed E-state index contributed by atoms with van der Waals surface area (Å²) < 4.78 is 5.64. The zero-order valence-electron chi connectivity index (χ0n) is 8.32. The normalized spacial score (nSPS) is 19.1. The van der Waals surface area contributed by atoms with Gasteiger partial charge in [0, 0.05) is 18.0 Å². The highest BCUT2D eigenvalue weighted by Crippen LogP contribution is 2.33. The average Bonchev–Trinajstić information content (AvgIpc) is 2.18. The van der Waals surface area contributed by atoms with Crippen molar-refractivity contribution in [3.63, 3.8) is 0 Å². The van der Waals surface area contributed by atoms with Gasteiger partial charge in [-0.15, -0.1) is 12.4 Å². The van der Waals surface area contributed by atoms with Crippen LogP contribution in [0.5, 0.6) is 5.75 Å². The maximum absolute atomic E-state index is 5.99. The fourth-order valence-corrected chi connectivity index (χ4v) is 1.79. The molecule has 1 heterocycles. The summed E-state index contributed by atoms with van der Waals surface area (Å²) in [6, 6.07) is 6.40. The smallest absolute Gasteiger partial charge is 0.127 e. The molecule has 0 fully saturated rings. The number of hydrogen-bond donors (Lipinski definition) is 1. The molecule has 14 heavy (non-hydrogen) atoms. The van der Waals surface area contributed by atoms with Gasteiger partial charge in [-0.05, 0) is 12.0 Å². The van der Waals surface area contributed by atoms with Gasteiger partial charge in [0.2, 0.25) is 0 Å². The van der Waals surface area contributed by atoms with Gasteiger partial charge in [-0.25, -0.2) is 0 Å². The van der Waals surface area contributed by atoms with Crippen LogP contribution < -0.4 is 10.5 Å². The second kappa shape index (κ2) is 4.67. The zero-order chi connectivity index (χ0) is 9.26. The molecule has 1 aliphatic heterocycles. The van der Waals surface area contributed by atoms with Gasteiger partial charge < -0.3 is 10.5 Å². The molecule has 2 rings (SSSR count). The lowest BCUT2D eigenvalue weighted by atomic mass is 9.97. The van der Waals surface area contributed by atoms with Crippen LogP contribution in [0.25, 0.3) is 0 Å². The topological polar surface area (TPSA) is 35.2 Å². The van der Waals surface area contributed by atoms with Crippen molar-refractivity contribution in [2.45, 2.75) is 25.8 Å². The van der Waals surface area contributed by atoms with Crippen molar-refractivity contribution in [2.75, 3.05) is 6.61 Å². The van der Waals surface area contributed by atoms with Crippen molar-refractivity contribution in [2.24, 2.45) is 5.73 Å². The molecule has 2 N–H and O–H groups in total. The lowest BCUT2D eigenvalue weighted by Crippen LogP contribution is -2.21. The fraction of sp³-hybridized carbons (Fsp3) is 0.455. The Bertz CT molecular complexity index is 314.